The van der Waals surface area contributed by atoms with Crippen molar-refractivity contribution in [3.05, 3.63) is 59.8 Å². The standard InChI is InChI=1S/C27H34N4O4/c1-29(2)27(33)31(21-10-11-21)18-26(32)30(17-19-9-12-24(34-3)25(15-19)35-4)14-13-20-16-28-23-8-6-5-7-22(20)23/h5-9,12,15-16,21,28H,10-11,13-14,17-18H2,1-4H3. The van der Waals surface area contributed by atoms with Gasteiger partial charge < -0.3 is 29.2 Å². The molecule has 186 valence electrons. The first-order valence-electron chi connectivity index (χ1n) is 11.9. The summed E-state index contributed by atoms with van der Waals surface area (Å²) in [6, 6.07) is 13.9. The number of para-hydroxylation sites is 1. The minimum absolute atomic E-state index is 0.0678. The first kappa shape index (κ1) is 24.4. The van der Waals surface area contributed by atoms with Crippen LogP contribution in [0.3, 0.4) is 0 Å². The highest BCUT2D eigenvalue weighted by Crippen LogP contribution is 2.29. The zero-order chi connectivity index (χ0) is 24.9. The Bertz CT molecular complexity index is 1180. The van der Waals surface area contributed by atoms with E-state index in [4.69, 9.17) is 9.47 Å². The monoisotopic (exact) mass is 478 g/mol. The number of amides is 3. The van der Waals surface area contributed by atoms with Crippen LogP contribution in [-0.4, -0.2) is 79.1 Å². The summed E-state index contributed by atoms with van der Waals surface area (Å²) in [5.74, 6) is 1.20. The van der Waals surface area contributed by atoms with Crippen molar-refractivity contribution in [1.29, 1.82) is 0 Å². The van der Waals surface area contributed by atoms with E-state index in [0.29, 0.717) is 31.0 Å². The lowest BCUT2D eigenvalue weighted by Crippen LogP contribution is -2.47. The molecular weight excluding hydrogens is 444 g/mol. The Kier molecular flexibility index (Phi) is 7.48. The molecule has 1 aliphatic rings. The van der Waals surface area contributed by atoms with E-state index in [1.165, 1.54) is 4.90 Å². The van der Waals surface area contributed by atoms with Crippen molar-refractivity contribution in [3.8, 4) is 11.5 Å². The van der Waals surface area contributed by atoms with Crippen molar-refractivity contribution >= 4 is 22.8 Å². The second-order valence-corrected chi connectivity index (χ2v) is 9.15. The van der Waals surface area contributed by atoms with Crippen molar-refractivity contribution in [1.82, 2.24) is 19.7 Å². The predicted octanol–water partition coefficient (Wildman–Crippen LogP) is 3.90. The molecular formula is C27H34N4O4. The lowest BCUT2D eigenvalue weighted by atomic mass is 10.1. The fourth-order valence-electron chi connectivity index (χ4n) is 4.33. The van der Waals surface area contributed by atoms with E-state index in [0.717, 1.165) is 34.9 Å². The van der Waals surface area contributed by atoms with E-state index >= 15 is 0 Å². The van der Waals surface area contributed by atoms with Crippen LogP contribution in [0.4, 0.5) is 4.79 Å². The Morgan fingerprint density at radius 1 is 1.03 bits per heavy atom. The highest BCUT2D eigenvalue weighted by Gasteiger charge is 2.35. The van der Waals surface area contributed by atoms with Crippen molar-refractivity contribution in [2.75, 3.05) is 41.4 Å². The van der Waals surface area contributed by atoms with Gasteiger partial charge in [0.2, 0.25) is 5.91 Å². The van der Waals surface area contributed by atoms with Crippen molar-refractivity contribution in [2.45, 2.75) is 31.8 Å². The molecule has 1 aromatic heterocycles. The molecule has 1 fully saturated rings. The normalized spacial score (nSPS) is 12.9. The van der Waals surface area contributed by atoms with Crippen LogP contribution >= 0.6 is 0 Å². The molecule has 1 N–H and O–H groups in total. The van der Waals surface area contributed by atoms with Gasteiger partial charge in [0, 0.05) is 50.3 Å². The van der Waals surface area contributed by atoms with E-state index in [1.54, 1.807) is 33.2 Å². The second-order valence-electron chi connectivity index (χ2n) is 9.15. The van der Waals surface area contributed by atoms with Crippen LogP contribution in [0.15, 0.2) is 48.7 Å². The molecule has 8 heteroatoms. The minimum Gasteiger partial charge on any atom is -0.493 e. The van der Waals surface area contributed by atoms with Crippen LogP contribution in [0.5, 0.6) is 11.5 Å². The number of nitrogens with zero attached hydrogens (tertiary/aromatic N) is 3. The third-order valence-corrected chi connectivity index (χ3v) is 6.42. The van der Waals surface area contributed by atoms with Gasteiger partial charge in [-0.25, -0.2) is 4.79 Å². The molecule has 0 bridgehead atoms. The number of hydrogen-bond donors (Lipinski definition) is 1. The lowest BCUT2D eigenvalue weighted by molar-refractivity contribution is -0.132. The number of ether oxygens (including phenoxy) is 2. The largest absolute Gasteiger partial charge is 0.493 e. The maximum absolute atomic E-state index is 13.6. The van der Waals surface area contributed by atoms with Crippen LogP contribution < -0.4 is 9.47 Å². The maximum atomic E-state index is 13.6. The van der Waals surface area contributed by atoms with Gasteiger partial charge in [0.15, 0.2) is 11.5 Å². The molecule has 8 nitrogen and oxygen atoms in total. The third-order valence-electron chi connectivity index (χ3n) is 6.42. The van der Waals surface area contributed by atoms with Gasteiger partial charge in [-0.05, 0) is 48.6 Å². The molecule has 0 saturated heterocycles. The number of methoxy groups -OCH3 is 2. The molecule has 1 saturated carbocycles. The van der Waals surface area contributed by atoms with Crippen molar-refractivity contribution in [2.24, 2.45) is 0 Å². The molecule has 1 heterocycles. The summed E-state index contributed by atoms with van der Waals surface area (Å²) in [4.78, 5) is 34.7. The van der Waals surface area contributed by atoms with E-state index in [2.05, 4.69) is 11.1 Å². The predicted molar refractivity (Wildman–Crippen MR) is 136 cm³/mol. The molecule has 0 unspecified atom stereocenters. The second kappa shape index (κ2) is 10.7. The van der Waals surface area contributed by atoms with Gasteiger partial charge >= 0.3 is 6.03 Å². The summed E-state index contributed by atoms with van der Waals surface area (Å²) in [7, 11) is 6.64. The van der Waals surface area contributed by atoms with Crippen molar-refractivity contribution in [3.63, 3.8) is 0 Å². The minimum atomic E-state index is -0.122. The number of hydrogen-bond acceptors (Lipinski definition) is 4. The molecule has 35 heavy (non-hydrogen) atoms. The average molecular weight is 479 g/mol. The molecule has 4 rings (SSSR count). The van der Waals surface area contributed by atoms with Gasteiger partial charge in [0.25, 0.3) is 0 Å². The van der Waals surface area contributed by atoms with Crippen LogP contribution in [0.25, 0.3) is 10.9 Å². The molecule has 0 atom stereocenters. The molecule has 3 aromatic rings. The average Bonchev–Trinajstić information content (AvgIpc) is 3.63. The number of aromatic nitrogens is 1. The molecule has 0 radical (unpaired) electrons. The summed E-state index contributed by atoms with van der Waals surface area (Å²) in [5.41, 5.74) is 3.18. The number of fused-ring (bicyclic) bond motifs is 1. The van der Waals surface area contributed by atoms with Crippen LogP contribution in [0.2, 0.25) is 0 Å². The number of H-pyrrole nitrogens is 1. The van der Waals surface area contributed by atoms with Crippen molar-refractivity contribution < 1.29 is 19.1 Å². The topological polar surface area (TPSA) is 78.1 Å². The number of aromatic amines is 1. The molecule has 3 amide bonds. The third kappa shape index (κ3) is 5.70. The van der Waals surface area contributed by atoms with Gasteiger partial charge in [-0.2, -0.15) is 0 Å². The van der Waals surface area contributed by atoms with E-state index in [1.807, 2.05) is 47.5 Å². The van der Waals surface area contributed by atoms with E-state index in [9.17, 15) is 9.59 Å². The number of nitrogens with one attached hydrogen (secondary N) is 1. The lowest BCUT2D eigenvalue weighted by Gasteiger charge is -2.29. The van der Waals surface area contributed by atoms with E-state index < -0.39 is 0 Å². The number of urea groups is 1. The highest BCUT2D eigenvalue weighted by molar-refractivity contribution is 5.85. The number of benzene rings is 2. The molecule has 0 aliphatic heterocycles. The quantitative estimate of drug-likeness (QED) is 0.479. The summed E-state index contributed by atoms with van der Waals surface area (Å²) >= 11 is 0. The van der Waals surface area contributed by atoms with Gasteiger partial charge in [-0.3, -0.25) is 4.79 Å². The Morgan fingerprint density at radius 2 is 1.77 bits per heavy atom. The fraction of sp³-hybridized carbons (Fsp3) is 0.407. The SMILES string of the molecule is COc1ccc(CN(CCc2c[nH]c3ccccc23)C(=O)CN(C(=O)N(C)C)C2CC2)cc1OC. The van der Waals surface area contributed by atoms with E-state index in [-0.39, 0.29) is 24.5 Å². The smallest absolute Gasteiger partial charge is 0.320 e. The Morgan fingerprint density at radius 3 is 2.46 bits per heavy atom. The summed E-state index contributed by atoms with van der Waals surface area (Å²) in [6.45, 7) is 1.02. The Hall–Kier alpha value is -3.68. The van der Waals surface area contributed by atoms with Gasteiger partial charge in [-0.1, -0.05) is 24.3 Å². The van der Waals surface area contributed by atoms with Gasteiger partial charge in [-0.15, -0.1) is 0 Å². The molecule has 0 spiro atoms. The summed E-state index contributed by atoms with van der Waals surface area (Å²) in [5, 5.41) is 1.16. The summed E-state index contributed by atoms with van der Waals surface area (Å²) in [6.07, 6.45) is 4.60. The first-order valence-corrected chi connectivity index (χ1v) is 11.9. The molecule has 2 aromatic carbocycles. The fourth-order valence-corrected chi connectivity index (χ4v) is 4.33. The van der Waals surface area contributed by atoms with Gasteiger partial charge in [0.05, 0.1) is 14.2 Å². The van der Waals surface area contributed by atoms with Gasteiger partial charge in [0.1, 0.15) is 6.54 Å². The Balaban J connectivity index is 1.55. The first-order chi connectivity index (χ1) is 16.9. The highest BCUT2D eigenvalue weighted by atomic mass is 16.5. The number of carbonyl (C=O) groups excluding carboxylic acids is 2. The number of rotatable bonds is 10. The summed E-state index contributed by atoms with van der Waals surface area (Å²) < 4.78 is 10.8. The Labute approximate surface area is 206 Å². The zero-order valence-electron chi connectivity index (χ0n) is 20.9. The maximum Gasteiger partial charge on any atom is 0.320 e. The van der Waals surface area contributed by atoms with Crippen LogP contribution in [-0.2, 0) is 17.8 Å². The molecule has 1 aliphatic carbocycles. The zero-order valence-corrected chi connectivity index (χ0v) is 20.9. The van der Waals surface area contributed by atoms with Crippen LogP contribution in [0, 0.1) is 0 Å². The number of carbonyl (C=O) groups is 2. The van der Waals surface area contributed by atoms with Crippen LogP contribution in [0.1, 0.15) is 24.0 Å².